The Bertz CT molecular complexity index is 965. The van der Waals surface area contributed by atoms with Crippen molar-refractivity contribution in [3.63, 3.8) is 0 Å². The molecule has 0 aromatic carbocycles. The van der Waals surface area contributed by atoms with E-state index in [0.717, 1.165) is 36.4 Å². The number of H-pyrrole nitrogens is 1. The third-order valence-corrected chi connectivity index (χ3v) is 7.53. The van der Waals surface area contributed by atoms with Crippen LogP contribution in [-0.4, -0.2) is 59.6 Å². The van der Waals surface area contributed by atoms with Crippen molar-refractivity contribution in [1.82, 2.24) is 19.3 Å². The molecular weight excluding hydrogens is 352 g/mol. The third kappa shape index (κ3) is 2.83. The number of aromatic nitrogens is 3. The molecule has 8 nitrogen and oxygen atoms in total. The number of fused-ring (bicyclic) bond motifs is 2. The maximum atomic E-state index is 12.5. The van der Waals surface area contributed by atoms with Crippen molar-refractivity contribution < 1.29 is 8.42 Å². The molecule has 4 rings (SSSR count). The summed E-state index contributed by atoms with van der Waals surface area (Å²) in [7, 11) is -3.36. The number of piperidine rings is 1. The predicted molar refractivity (Wildman–Crippen MR) is 97.9 cm³/mol. The summed E-state index contributed by atoms with van der Waals surface area (Å²) in [6.07, 6.45) is 4.39. The van der Waals surface area contributed by atoms with E-state index in [0.29, 0.717) is 19.0 Å². The Morgan fingerprint density at radius 2 is 2.27 bits per heavy atom. The highest BCUT2D eigenvalue weighted by Gasteiger charge is 2.49. The van der Waals surface area contributed by atoms with Crippen molar-refractivity contribution in [2.24, 2.45) is 11.3 Å². The average Bonchev–Trinajstić information content (AvgIpc) is 3.23. The number of sulfonamides is 1. The van der Waals surface area contributed by atoms with Crippen LogP contribution in [0.5, 0.6) is 0 Å². The highest BCUT2D eigenvalue weighted by molar-refractivity contribution is 7.89. The second-order valence-electron chi connectivity index (χ2n) is 7.52. The predicted octanol–water partition coefficient (Wildman–Crippen LogP) is 1.35. The van der Waals surface area contributed by atoms with Crippen LogP contribution in [0.25, 0.3) is 11.0 Å². The van der Waals surface area contributed by atoms with E-state index < -0.39 is 10.0 Å². The van der Waals surface area contributed by atoms with Crippen LogP contribution in [0.1, 0.15) is 19.8 Å². The summed E-state index contributed by atoms with van der Waals surface area (Å²) in [4.78, 5) is 14.1. The number of anilines is 1. The van der Waals surface area contributed by atoms with E-state index >= 15 is 0 Å². The second-order valence-corrected chi connectivity index (χ2v) is 9.60. The minimum atomic E-state index is -3.36. The van der Waals surface area contributed by atoms with Gasteiger partial charge < -0.3 is 9.88 Å². The van der Waals surface area contributed by atoms with Crippen LogP contribution in [0.2, 0.25) is 0 Å². The summed E-state index contributed by atoms with van der Waals surface area (Å²) >= 11 is 0. The summed E-state index contributed by atoms with van der Waals surface area (Å²) in [5.41, 5.74) is 0.695. The normalized spacial score (nSPS) is 26.8. The smallest absolute Gasteiger partial charge is 0.215 e. The van der Waals surface area contributed by atoms with Crippen LogP contribution >= 0.6 is 0 Å². The first-order chi connectivity index (χ1) is 12.4. The minimum absolute atomic E-state index is 0.0404. The van der Waals surface area contributed by atoms with E-state index in [9.17, 15) is 8.42 Å². The molecule has 2 saturated heterocycles. The van der Waals surface area contributed by atoms with Gasteiger partial charge in [0.2, 0.25) is 10.0 Å². The molecule has 0 unspecified atom stereocenters. The first kappa shape index (κ1) is 17.2. The molecule has 0 radical (unpaired) electrons. The van der Waals surface area contributed by atoms with Crippen LogP contribution in [-0.2, 0) is 10.0 Å². The average molecular weight is 374 g/mol. The molecule has 4 heterocycles. The van der Waals surface area contributed by atoms with E-state index in [2.05, 4.69) is 26.8 Å². The van der Waals surface area contributed by atoms with Crippen molar-refractivity contribution in [3.05, 3.63) is 18.6 Å². The van der Waals surface area contributed by atoms with Gasteiger partial charge in [-0.1, -0.05) is 6.92 Å². The Kier molecular flexibility index (Phi) is 4.12. The van der Waals surface area contributed by atoms with Gasteiger partial charge >= 0.3 is 0 Å². The first-order valence-electron chi connectivity index (χ1n) is 8.81. The lowest BCUT2D eigenvalue weighted by Crippen LogP contribution is -2.47. The molecular formula is C17H22N6O2S. The Morgan fingerprint density at radius 1 is 1.42 bits per heavy atom. The van der Waals surface area contributed by atoms with Gasteiger partial charge in [-0.3, -0.25) is 0 Å². The zero-order valence-electron chi connectivity index (χ0n) is 14.7. The van der Waals surface area contributed by atoms with Crippen molar-refractivity contribution >= 4 is 26.9 Å². The van der Waals surface area contributed by atoms with E-state index in [1.165, 1.54) is 0 Å². The fourth-order valence-electron chi connectivity index (χ4n) is 4.32. The SMILES string of the molecule is C[C@@]12CN(c3ncnc4[nH]ccc34)CC[C@@H]1CN(S(=O)(=O)CCC#N)C2. The maximum Gasteiger partial charge on any atom is 0.215 e. The van der Waals surface area contributed by atoms with Crippen LogP contribution < -0.4 is 4.90 Å². The first-order valence-corrected chi connectivity index (χ1v) is 10.4. The lowest BCUT2D eigenvalue weighted by atomic mass is 9.75. The number of aromatic amines is 1. The number of nitriles is 1. The quantitative estimate of drug-likeness (QED) is 0.866. The molecule has 0 spiro atoms. The molecule has 0 aliphatic carbocycles. The van der Waals surface area contributed by atoms with Crippen LogP contribution in [0.3, 0.4) is 0 Å². The zero-order valence-corrected chi connectivity index (χ0v) is 15.5. The highest BCUT2D eigenvalue weighted by Crippen LogP contribution is 2.44. The molecule has 9 heteroatoms. The van der Waals surface area contributed by atoms with E-state index in [4.69, 9.17) is 5.26 Å². The fourth-order valence-corrected chi connectivity index (χ4v) is 5.82. The summed E-state index contributed by atoms with van der Waals surface area (Å²) in [6, 6.07) is 3.91. The Morgan fingerprint density at radius 3 is 3.08 bits per heavy atom. The second kappa shape index (κ2) is 6.21. The van der Waals surface area contributed by atoms with Gasteiger partial charge in [0.25, 0.3) is 0 Å². The fraction of sp³-hybridized carbons (Fsp3) is 0.588. The van der Waals surface area contributed by atoms with E-state index in [1.54, 1.807) is 10.6 Å². The van der Waals surface area contributed by atoms with Gasteiger partial charge in [0.1, 0.15) is 17.8 Å². The number of hydrogen-bond donors (Lipinski definition) is 1. The van der Waals surface area contributed by atoms with Gasteiger partial charge in [-0.25, -0.2) is 22.7 Å². The van der Waals surface area contributed by atoms with Crippen molar-refractivity contribution in [1.29, 1.82) is 5.26 Å². The topological polar surface area (TPSA) is 106 Å². The molecule has 26 heavy (non-hydrogen) atoms. The van der Waals surface area contributed by atoms with Crippen molar-refractivity contribution in [2.45, 2.75) is 19.8 Å². The van der Waals surface area contributed by atoms with Gasteiger partial charge in [-0.2, -0.15) is 5.26 Å². The largest absolute Gasteiger partial charge is 0.355 e. The molecule has 138 valence electrons. The lowest BCUT2D eigenvalue weighted by molar-refractivity contribution is 0.214. The van der Waals surface area contributed by atoms with E-state index in [-0.39, 0.29) is 17.6 Å². The van der Waals surface area contributed by atoms with Gasteiger partial charge in [-0.15, -0.1) is 0 Å². The molecule has 2 atom stereocenters. The van der Waals surface area contributed by atoms with Gasteiger partial charge in [0.05, 0.1) is 23.6 Å². The molecule has 2 aromatic heterocycles. The standard InChI is InChI=1S/C17H22N6O2S/c1-17-10-22(16-14-3-6-19-15(14)20-12-21-16)7-4-13(17)9-23(11-17)26(24,25)8-2-5-18/h3,6,12-13H,2,4,7-11H2,1H3,(H,19,20,21)/t13-,17+/m1/s1. The highest BCUT2D eigenvalue weighted by atomic mass is 32.2. The van der Waals surface area contributed by atoms with Crippen LogP contribution in [0.4, 0.5) is 5.82 Å². The lowest BCUT2D eigenvalue weighted by Gasteiger charge is -2.42. The van der Waals surface area contributed by atoms with Crippen LogP contribution in [0.15, 0.2) is 18.6 Å². The molecule has 0 bridgehead atoms. The van der Waals surface area contributed by atoms with Gasteiger partial charge in [0.15, 0.2) is 0 Å². The monoisotopic (exact) mass is 374 g/mol. The number of hydrogen-bond acceptors (Lipinski definition) is 6. The molecule has 1 N–H and O–H groups in total. The molecule has 0 amide bonds. The summed E-state index contributed by atoms with van der Waals surface area (Å²) in [5.74, 6) is 1.15. The zero-order chi connectivity index (χ0) is 18.4. The minimum Gasteiger partial charge on any atom is -0.355 e. The maximum absolute atomic E-state index is 12.5. The Balaban J connectivity index is 1.57. The third-order valence-electron chi connectivity index (χ3n) is 5.74. The molecule has 2 aliphatic rings. The number of nitrogens with one attached hydrogen (secondary N) is 1. The summed E-state index contributed by atoms with van der Waals surface area (Å²) < 4.78 is 26.6. The number of rotatable bonds is 4. The molecule has 2 fully saturated rings. The molecule has 2 aliphatic heterocycles. The Hall–Kier alpha value is -2.18. The summed E-state index contributed by atoms with van der Waals surface area (Å²) in [6.45, 7) is 4.84. The Labute approximate surface area is 152 Å². The number of nitrogens with zero attached hydrogens (tertiary/aromatic N) is 5. The molecule has 2 aromatic rings. The molecule has 0 saturated carbocycles. The van der Waals surface area contributed by atoms with Crippen LogP contribution in [0, 0.1) is 22.7 Å². The summed E-state index contributed by atoms with van der Waals surface area (Å²) in [5, 5.41) is 9.70. The van der Waals surface area contributed by atoms with E-state index in [1.807, 2.05) is 18.3 Å². The van der Waals surface area contributed by atoms with Gasteiger partial charge in [-0.05, 0) is 18.4 Å². The van der Waals surface area contributed by atoms with Crippen molar-refractivity contribution in [2.75, 3.05) is 36.8 Å². The van der Waals surface area contributed by atoms with Gasteiger partial charge in [0, 0.05) is 37.8 Å². The van der Waals surface area contributed by atoms with Crippen molar-refractivity contribution in [3.8, 4) is 6.07 Å².